The predicted molar refractivity (Wildman–Crippen MR) is 283 cm³/mol. The van der Waals surface area contributed by atoms with E-state index in [-0.39, 0.29) is 36.0 Å². The summed E-state index contributed by atoms with van der Waals surface area (Å²) >= 11 is 8.93. The highest BCUT2D eigenvalue weighted by Gasteiger charge is 2.55. The number of nitrogens with zero attached hydrogens (tertiary/aromatic N) is 3. The molecule has 0 aliphatic carbocycles. The number of esters is 2. The topological polar surface area (TPSA) is 158 Å². The first kappa shape index (κ1) is 50.2. The molecule has 7 aromatic rings. The number of β-lactam (4-membered cyclic amide) rings is 1. The first-order valence-electron chi connectivity index (χ1n) is 23.5. The normalized spacial score (nSPS) is 15.9. The molecule has 16 heteroatoms. The summed E-state index contributed by atoms with van der Waals surface area (Å²) < 4.78 is 17.1. The number of thioether (sulfide) groups is 1. The number of thiazole rings is 1. The number of hydrogen-bond acceptors (Lipinski definition) is 13. The van der Waals surface area contributed by atoms with Gasteiger partial charge in [-0.3, -0.25) is 14.5 Å². The zero-order valence-corrected chi connectivity index (χ0v) is 42.1. The summed E-state index contributed by atoms with van der Waals surface area (Å²) in [5, 5.41) is 12.4. The molecule has 0 bridgehead atoms. The van der Waals surface area contributed by atoms with Gasteiger partial charge in [-0.05, 0) is 57.5 Å². The number of oxime groups is 1. The van der Waals surface area contributed by atoms with Crippen LogP contribution >= 0.6 is 34.7 Å². The summed E-state index contributed by atoms with van der Waals surface area (Å²) in [6, 6.07) is 54.6. The highest BCUT2D eigenvalue weighted by molar-refractivity contribution is 8.00. The summed E-state index contributed by atoms with van der Waals surface area (Å²) in [5.41, 5.74) is 4.44. The number of halogens is 1. The van der Waals surface area contributed by atoms with Gasteiger partial charge in [-0.1, -0.05) is 176 Å². The molecular formula is C57H50ClN5O8S2. The van der Waals surface area contributed by atoms with Crippen molar-refractivity contribution in [2.75, 3.05) is 24.1 Å². The van der Waals surface area contributed by atoms with Crippen molar-refractivity contribution < 1.29 is 38.2 Å². The lowest BCUT2D eigenvalue weighted by atomic mass is 9.77. The number of amides is 2. The number of nitrogens with one attached hydrogen (secondary N) is 2. The number of hydrogen-bond donors (Lipinski definition) is 2. The molecule has 370 valence electrons. The monoisotopic (exact) mass is 1030 g/mol. The van der Waals surface area contributed by atoms with Crippen LogP contribution in [0.15, 0.2) is 198 Å². The van der Waals surface area contributed by atoms with Crippen LogP contribution in [0.4, 0.5) is 5.13 Å². The summed E-state index contributed by atoms with van der Waals surface area (Å²) in [4.78, 5) is 69.0. The fourth-order valence-electron chi connectivity index (χ4n) is 8.69. The Balaban J connectivity index is 1.02. The molecule has 2 aliphatic heterocycles. The third kappa shape index (κ3) is 10.9. The Kier molecular flexibility index (Phi) is 16.0. The molecule has 6 aromatic carbocycles. The van der Waals surface area contributed by atoms with E-state index >= 15 is 0 Å². The number of rotatable bonds is 20. The Hall–Kier alpha value is -7.72. The smallest absolute Gasteiger partial charge is 0.355 e. The minimum atomic E-state index is -1.25. The van der Waals surface area contributed by atoms with E-state index in [0.29, 0.717) is 22.2 Å². The number of alkyl halides is 1. The first-order valence-corrected chi connectivity index (χ1v) is 26.0. The second-order valence-corrected chi connectivity index (χ2v) is 19.2. The Morgan fingerprint density at radius 2 is 1.34 bits per heavy atom. The zero-order valence-electron chi connectivity index (χ0n) is 39.8. The molecule has 2 unspecified atom stereocenters. The van der Waals surface area contributed by atoms with E-state index in [1.807, 2.05) is 152 Å². The Bertz CT molecular complexity index is 2960. The van der Waals surface area contributed by atoms with Crippen molar-refractivity contribution >= 4 is 69.3 Å². The van der Waals surface area contributed by atoms with Crippen LogP contribution < -0.4 is 15.4 Å². The number of ether oxygens (including phenoxy) is 3. The van der Waals surface area contributed by atoms with E-state index in [1.165, 1.54) is 28.0 Å². The van der Waals surface area contributed by atoms with Gasteiger partial charge in [0, 0.05) is 17.0 Å². The van der Waals surface area contributed by atoms with E-state index in [0.717, 1.165) is 33.4 Å². The Morgan fingerprint density at radius 1 is 0.795 bits per heavy atom. The van der Waals surface area contributed by atoms with Crippen molar-refractivity contribution in [3.63, 3.8) is 0 Å². The number of carbonyl (C=O) groups is 4. The minimum Gasteiger partial charge on any atom is -0.497 e. The van der Waals surface area contributed by atoms with E-state index in [1.54, 1.807) is 43.7 Å². The van der Waals surface area contributed by atoms with Crippen LogP contribution in [0.25, 0.3) is 0 Å². The molecule has 2 amide bonds. The molecule has 0 saturated carbocycles. The zero-order chi connectivity index (χ0) is 50.7. The quantitative estimate of drug-likeness (QED) is 0.0187. The molecule has 0 spiro atoms. The van der Waals surface area contributed by atoms with E-state index < -0.39 is 52.9 Å². The maximum Gasteiger partial charge on any atom is 0.355 e. The average Bonchev–Trinajstić information content (AvgIpc) is 3.92. The van der Waals surface area contributed by atoms with Gasteiger partial charge in [-0.2, -0.15) is 0 Å². The minimum absolute atomic E-state index is 0.0135. The molecule has 9 rings (SSSR count). The highest BCUT2D eigenvalue weighted by Crippen LogP contribution is 2.43. The van der Waals surface area contributed by atoms with Gasteiger partial charge in [0.2, 0.25) is 6.10 Å². The maximum atomic E-state index is 14.8. The maximum absolute atomic E-state index is 14.8. The van der Waals surface area contributed by atoms with Gasteiger partial charge in [0.1, 0.15) is 40.7 Å². The standard InChI is InChI=1S/C57H50ClN5O8S2/c1-3-46(54(66)70-50(38-19-9-4-10-20-38)39-21-11-5-12-22-39)71-62-47(45-36-73-56(59-45)61-57(41-23-13-6-14-24-41,42-25-15-7-16-26-42)43-27-17-8-18-28-43)51(64)60-48-52(65)63-49(40(33-58)35-72-53(48)63)55(67)69-34-37-29-31-44(68-2)32-30-37/h4-32,36,46,48,50,53H,3,33-35H2,1-2H3,(H,59,61)(H,60,64)/b62-47-/t46?,48?,53-/m1/s1. The van der Waals surface area contributed by atoms with Gasteiger partial charge in [0.15, 0.2) is 16.9 Å². The molecule has 2 aliphatic rings. The van der Waals surface area contributed by atoms with Crippen LogP contribution in [0.5, 0.6) is 5.75 Å². The molecule has 0 radical (unpaired) electrons. The fourth-order valence-corrected chi connectivity index (χ4v) is 11.1. The van der Waals surface area contributed by atoms with Crippen molar-refractivity contribution in [1.82, 2.24) is 15.2 Å². The van der Waals surface area contributed by atoms with Crippen LogP contribution in [0.1, 0.15) is 58.5 Å². The molecule has 3 atom stereocenters. The van der Waals surface area contributed by atoms with Gasteiger partial charge in [-0.25, -0.2) is 14.6 Å². The van der Waals surface area contributed by atoms with E-state index in [4.69, 9.17) is 35.6 Å². The third-order valence-corrected chi connectivity index (χ3v) is 14.9. The van der Waals surface area contributed by atoms with Gasteiger partial charge in [0.05, 0.1) is 7.11 Å². The molecule has 3 heterocycles. The summed E-state index contributed by atoms with van der Waals surface area (Å²) in [5.74, 6) is -1.83. The third-order valence-electron chi connectivity index (χ3n) is 12.4. The van der Waals surface area contributed by atoms with Gasteiger partial charge in [-0.15, -0.1) is 34.7 Å². The largest absolute Gasteiger partial charge is 0.497 e. The lowest BCUT2D eigenvalue weighted by Gasteiger charge is -2.49. The van der Waals surface area contributed by atoms with Crippen LogP contribution in [-0.4, -0.2) is 75.6 Å². The lowest BCUT2D eigenvalue weighted by Crippen LogP contribution is -2.71. The Morgan fingerprint density at radius 3 is 1.86 bits per heavy atom. The summed E-state index contributed by atoms with van der Waals surface area (Å²) in [6.07, 6.45) is -1.88. The highest BCUT2D eigenvalue weighted by atomic mass is 35.5. The second kappa shape index (κ2) is 23.2. The van der Waals surface area contributed by atoms with Gasteiger partial charge >= 0.3 is 11.9 Å². The number of fused-ring (bicyclic) bond motifs is 1. The fraction of sp³-hybridized carbons (Fsp3) is 0.193. The molecule has 1 saturated heterocycles. The van der Waals surface area contributed by atoms with Crippen LogP contribution in [0, 0.1) is 0 Å². The van der Waals surface area contributed by atoms with Crippen molar-refractivity contribution in [2.45, 2.75) is 49.1 Å². The van der Waals surface area contributed by atoms with Crippen LogP contribution in [0.2, 0.25) is 0 Å². The number of benzene rings is 6. The molecule has 2 N–H and O–H groups in total. The molecule has 73 heavy (non-hydrogen) atoms. The molecule has 1 fully saturated rings. The first-order chi connectivity index (χ1) is 35.7. The summed E-state index contributed by atoms with van der Waals surface area (Å²) in [7, 11) is 1.56. The van der Waals surface area contributed by atoms with Crippen molar-refractivity contribution in [3.8, 4) is 5.75 Å². The molecule has 1 aromatic heterocycles. The van der Waals surface area contributed by atoms with Gasteiger partial charge < -0.3 is 29.7 Å². The predicted octanol–water partition coefficient (Wildman–Crippen LogP) is 10.0. The number of carbonyl (C=O) groups excluding carboxylic acids is 4. The lowest BCUT2D eigenvalue weighted by molar-refractivity contribution is -0.161. The number of methoxy groups -OCH3 is 1. The van der Waals surface area contributed by atoms with Crippen LogP contribution in [-0.2, 0) is 45.6 Å². The van der Waals surface area contributed by atoms with E-state index in [9.17, 15) is 19.2 Å². The molecule has 13 nitrogen and oxygen atoms in total. The number of anilines is 1. The second-order valence-electron chi connectivity index (χ2n) is 17.0. The van der Waals surface area contributed by atoms with Gasteiger partial charge in [0.25, 0.3) is 11.8 Å². The van der Waals surface area contributed by atoms with Crippen molar-refractivity contribution in [2.24, 2.45) is 5.16 Å². The van der Waals surface area contributed by atoms with Crippen molar-refractivity contribution in [1.29, 1.82) is 0 Å². The SMILES string of the molecule is CCC(O/N=C(\C(=O)NC1C(=O)N2C(C(=O)OCc3ccc(OC)cc3)=C(CCl)CS[C@H]12)c1csc(NC(c2ccccc2)(c2ccccc2)c2ccccc2)n1)C(=O)OC(c1ccccc1)c1ccccc1. The summed E-state index contributed by atoms with van der Waals surface area (Å²) in [6.45, 7) is 1.69. The number of aromatic nitrogens is 1. The van der Waals surface area contributed by atoms with Crippen molar-refractivity contribution in [3.05, 3.63) is 232 Å². The Labute approximate surface area is 436 Å². The molecular weight excluding hydrogens is 982 g/mol. The van der Waals surface area contributed by atoms with E-state index in [2.05, 4.69) is 15.8 Å². The van der Waals surface area contributed by atoms with Crippen LogP contribution in [0.3, 0.4) is 0 Å². The average molecular weight is 1030 g/mol.